The number of nitrogens with one attached hydrogen (secondary N) is 1. The van der Waals surface area contributed by atoms with E-state index in [1.54, 1.807) is 6.08 Å². The second-order valence-electron chi connectivity index (χ2n) is 5.32. The number of aromatic nitrogens is 1. The van der Waals surface area contributed by atoms with Gasteiger partial charge in [0.1, 0.15) is 0 Å². The molecule has 0 fully saturated rings. The van der Waals surface area contributed by atoms with Gasteiger partial charge in [0.2, 0.25) is 6.54 Å². The van der Waals surface area contributed by atoms with Crippen molar-refractivity contribution in [1.82, 2.24) is 4.98 Å². The normalized spacial score (nSPS) is 12.2. The summed E-state index contributed by atoms with van der Waals surface area (Å²) in [4.78, 5) is 14.3. The molecule has 4 nitrogen and oxygen atoms in total. The fraction of sp³-hybridized carbons (Fsp3) is 0.111. The van der Waals surface area contributed by atoms with Crippen LogP contribution < -0.4 is 0 Å². The van der Waals surface area contributed by atoms with Crippen LogP contribution in [0.1, 0.15) is 22.7 Å². The van der Waals surface area contributed by atoms with Gasteiger partial charge in [-0.05, 0) is 35.4 Å². The van der Waals surface area contributed by atoms with Crippen LogP contribution in [-0.2, 0) is 0 Å². The number of nitrogens with zero attached hydrogens (tertiary/aromatic N) is 1. The molecule has 0 bridgehead atoms. The number of aromatic amines is 1. The average Bonchev–Trinajstić information content (AvgIpc) is 2.91. The summed E-state index contributed by atoms with van der Waals surface area (Å²) >= 11 is 3.45. The molecule has 0 spiro atoms. The predicted octanol–water partition coefficient (Wildman–Crippen LogP) is 4.98. The molecule has 0 radical (unpaired) electrons. The number of H-pyrrole nitrogens is 1. The number of hydrogen-bond donors (Lipinski definition) is 1. The summed E-state index contributed by atoms with van der Waals surface area (Å²) in [6, 6.07) is 15.5. The van der Waals surface area contributed by atoms with E-state index in [9.17, 15) is 10.1 Å². The maximum Gasteiger partial charge on any atom is 0.214 e. The molecule has 2 aromatic carbocycles. The molecule has 0 saturated carbocycles. The van der Waals surface area contributed by atoms with Crippen LogP contribution in [0, 0.1) is 10.1 Å². The zero-order valence-electron chi connectivity index (χ0n) is 12.3. The maximum atomic E-state index is 11.3. The van der Waals surface area contributed by atoms with Gasteiger partial charge in [-0.15, -0.1) is 0 Å². The molecule has 1 aromatic heterocycles. The average molecular weight is 371 g/mol. The Bertz CT molecular complexity index is 886. The molecule has 3 rings (SSSR count). The van der Waals surface area contributed by atoms with Crippen molar-refractivity contribution in [2.24, 2.45) is 0 Å². The molecule has 0 aliphatic rings. The van der Waals surface area contributed by atoms with E-state index in [1.807, 2.05) is 48.5 Å². The molecule has 0 aliphatic heterocycles. The molecule has 0 saturated heterocycles. The minimum absolute atomic E-state index is 0.168. The van der Waals surface area contributed by atoms with Gasteiger partial charge in [-0.3, -0.25) is 10.1 Å². The highest BCUT2D eigenvalue weighted by molar-refractivity contribution is 9.10. The van der Waals surface area contributed by atoms with Gasteiger partial charge in [0.05, 0.1) is 5.92 Å². The Balaban J connectivity index is 2.24. The Kier molecular flexibility index (Phi) is 4.30. The van der Waals surface area contributed by atoms with Gasteiger partial charge in [-0.25, -0.2) is 0 Å². The van der Waals surface area contributed by atoms with Crippen LogP contribution in [0.4, 0.5) is 0 Å². The fourth-order valence-electron chi connectivity index (χ4n) is 2.96. The molecule has 23 heavy (non-hydrogen) atoms. The minimum Gasteiger partial charge on any atom is -0.355 e. The Morgan fingerprint density at radius 2 is 2.04 bits per heavy atom. The lowest BCUT2D eigenvalue weighted by molar-refractivity contribution is -0.481. The van der Waals surface area contributed by atoms with Crippen molar-refractivity contribution in [3.05, 3.63) is 86.5 Å². The quantitative estimate of drug-likeness (QED) is 0.508. The van der Waals surface area contributed by atoms with Gasteiger partial charge < -0.3 is 4.98 Å². The summed E-state index contributed by atoms with van der Waals surface area (Å²) in [5.74, 6) is -0.341. The number of fused-ring (bicyclic) bond motifs is 1. The van der Waals surface area contributed by atoms with Crippen molar-refractivity contribution >= 4 is 32.9 Å². The Morgan fingerprint density at radius 1 is 1.26 bits per heavy atom. The van der Waals surface area contributed by atoms with Crippen molar-refractivity contribution in [1.29, 1.82) is 0 Å². The van der Waals surface area contributed by atoms with Crippen molar-refractivity contribution in [2.45, 2.75) is 5.92 Å². The van der Waals surface area contributed by atoms with E-state index in [2.05, 4.69) is 27.5 Å². The van der Waals surface area contributed by atoms with E-state index in [1.165, 1.54) is 0 Å². The minimum atomic E-state index is -0.341. The molecular weight excluding hydrogens is 356 g/mol. The van der Waals surface area contributed by atoms with Crippen LogP contribution in [0.2, 0.25) is 0 Å². The second kappa shape index (κ2) is 6.38. The highest BCUT2D eigenvalue weighted by Gasteiger charge is 2.26. The molecule has 0 amide bonds. The number of benzene rings is 2. The smallest absolute Gasteiger partial charge is 0.214 e. The van der Waals surface area contributed by atoms with Crippen molar-refractivity contribution in [3.63, 3.8) is 0 Å². The van der Waals surface area contributed by atoms with Crippen LogP contribution in [0.3, 0.4) is 0 Å². The highest BCUT2D eigenvalue weighted by atomic mass is 79.9. The summed E-state index contributed by atoms with van der Waals surface area (Å²) < 4.78 is 0.906. The number of halogens is 1. The summed E-state index contributed by atoms with van der Waals surface area (Å²) in [7, 11) is 0. The molecule has 1 heterocycles. The van der Waals surface area contributed by atoms with Crippen molar-refractivity contribution in [2.75, 3.05) is 6.54 Å². The molecule has 3 aromatic rings. The van der Waals surface area contributed by atoms with Gasteiger partial charge in [0.15, 0.2) is 0 Å². The Labute approximate surface area is 142 Å². The first-order valence-corrected chi connectivity index (χ1v) is 7.99. The third kappa shape index (κ3) is 3.05. The second-order valence-corrected chi connectivity index (χ2v) is 6.24. The number of rotatable bonds is 5. The first-order valence-electron chi connectivity index (χ1n) is 7.20. The summed E-state index contributed by atoms with van der Waals surface area (Å²) in [5, 5.41) is 12.3. The number of nitro groups is 1. The van der Waals surface area contributed by atoms with E-state index in [0.717, 1.165) is 32.2 Å². The largest absolute Gasteiger partial charge is 0.355 e. The molecule has 1 N–H and O–H groups in total. The molecule has 1 unspecified atom stereocenters. The summed E-state index contributed by atoms with van der Waals surface area (Å²) in [6.45, 7) is 3.68. The van der Waals surface area contributed by atoms with Crippen LogP contribution >= 0.6 is 15.9 Å². The topological polar surface area (TPSA) is 58.9 Å². The van der Waals surface area contributed by atoms with E-state index in [4.69, 9.17) is 0 Å². The van der Waals surface area contributed by atoms with Gasteiger partial charge in [0, 0.05) is 26.0 Å². The van der Waals surface area contributed by atoms with E-state index >= 15 is 0 Å². The first-order chi connectivity index (χ1) is 11.1. The third-order valence-corrected chi connectivity index (χ3v) is 4.41. The number of hydrogen-bond acceptors (Lipinski definition) is 2. The van der Waals surface area contributed by atoms with Crippen LogP contribution in [-0.4, -0.2) is 16.5 Å². The first kappa shape index (κ1) is 15.5. The lowest BCUT2D eigenvalue weighted by Crippen LogP contribution is -2.14. The van der Waals surface area contributed by atoms with Crippen LogP contribution in [0.5, 0.6) is 0 Å². The van der Waals surface area contributed by atoms with E-state index in [0.29, 0.717) is 0 Å². The van der Waals surface area contributed by atoms with Gasteiger partial charge in [0.25, 0.3) is 0 Å². The third-order valence-electron chi connectivity index (χ3n) is 3.91. The Morgan fingerprint density at radius 3 is 2.74 bits per heavy atom. The molecular formula is C18H15BrN2O2. The monoisotopic (exact) mass is 370 g/mol. The molecule has 1 atom stereocenters. The highest BCUT2D eigenvalue weighted by Crippen LogP contribution is 2.35. The fourth-order valence-corrected chi connectivity index (χ4v) is 3.37. The van der Waals surface area contributed by atoms with E-state index in [-0.39, 0.29) is 17.4 Å². The van der Waals surface area contributed by atoms with Crippen LogP contribution in [0.25, 0.3) is 17.0 Å². The van der Waals surface area contributed by atoms with E-state index < -0.39 is 0 Å². The molecule has 116 valence electrons. The SMILES string of the molecule is C=Cc1[nH]c2ccccc2c1C(C[N+](=O)[O-])c1cccc(Br)c1. The molecule has 0 aliphatic carbocycles. The lowest BCUT2D eigenvalue weighted by Gasteiger charge is -2.15. The van der Waals surface area contributed by atoms with Crippen LogP contribution in [0.15, 0.2) is 59.6 Å². The van der Waals surface area contributed by atoms with Crippen molar-refractivity contribution in [3.8, 4) is 0 Å². The van der Waals surface area contributed by atoms with Gasteiger partial charge in [-0.1, -0.05) is 52.8 Å². The van der Waals surface area contributed by atoms with Gasteiger partial charge in [-0.2, -0.15) is 0 Å². The zero-order chi connectivity index (χ0) is 16.4. The predicted molar refractivity (Wildman–Crippen MR) is 96.2 cm³/mol. The van der Waals surface area contributed by atoms with Crippen molar-refractivity contribution < 1.29 is 4.92 Å². The number of para-hydroxylation sites is 1. The zero-order valence-corrected chi connectivity index (χ0v) is 13.9. The standard InChI is InChI=1S/C18H15BrN2O2/c1-2-16-18(14-8-3-4-9-17(14)20-16)15(11-21(22)23)12-6-5-7-13(19)10-12/h2-10,15,20H,1,11H2. The molecule has 5 heteroatoms. The summed E-state index contributed by atoms with van der Waals surface area (Å²) in [5.41, 5.74) is 3.62. The maximum absolute atomic E-state index is 11.3. The Hall–Kier alpha value is -2.40. The summed E-state index contributed by atoms with van der Waals surface area (Å²) in [6.07, 6.45) is 1.72. The van der Waals surface area contributed by atoms with Gasteiger partial charge >= 0.3 is 0 Å². The lowest BCUT2D eigenvalue weighted by atomic mass is 9.89.